The SMILES string of the molecule is CCC1(CC)CCN(C2CC(C)CCC2C(=O)O)C1. The highest BCUT2D eigenvalue weighted by Gasteiger charge is 2.43. The lowest BCUT2D eigenvalue weighted by atomic mass is 9.78. The molecular formula is C16H29NO2. The number of carboxylic acids is 1. The lowest BCUT2D eigenvalue weighted by Gasteiger charge is -2.39. The fraction of sp³-hybridized carbons (Fsp3) is 0.938. The number of nitrogens with zero attached hydrogens (tertiary/aromatic N) is 1. The van der Waals surface area contributed by atoms with Crippen LogP contribution in [0, 0.1) is 17.3 Å². The quantitative estimate of drug-likeness (QED) is 0.849. The second kappa shape index (κ2) is 5.82. The molecule has 0 aromatic heterocycles. The molecule has 0 radical (unpaired) electrons. The van der Waals surface area contributed by atoms with Crippen molar-refractivity contribution < 1.29 is 9.90 Å². The molecule has 3 nitrogen and oxygen atoms in total. The highest BCUT2D eigenvalue weighted by Crippen LogP contribution is 2.41. The largest absolute Gasteiger partial charge is 0.481 e. The molecule has 2 rings (SSSR count). The van der Waals surface area contributed by atoms with Gasteiger partial charge in [0.2, 0.25) is 0 Å². The summed E-state index contributed by atoms with van der Waals surface area (Å²) in [6, 6.07) is 0.279. The Kier molecular flexibility index (Phi) is 4.54. The van der Waals surface area contributed by atoms with E-state index in [9.17, 15) is 9.90 Å². The van der Waals surface area contributed by atoms with Crippen molar-refractivity contribution in [2.45, 2.75) is 65.3 Å². The van der Waals surface area contributed by atoms with Gasteiger partial charge in [0.05, 0.1) is 5.92 Å². The Balaban J connectivity index is 2.08. The van der Waals surface area contributed by atoms with Crippen LogP contribution in [0.3, 0.4) is 0 Å². The second-order valence-electron chi connectivity index (χ2n) is 6.86. The van der Waals surface area contributed by atoms with Gasteiger partial charge in [0.25, 0.3) is 0 Å². The van der Waals surface area contributed by atoms with E-state index in [2.05, 4.69) is 25.7 Å². The normalized spacial score (nSPS) is 35.4. The molecular weight excluding hydrogens is 238 g/mol. The first-order valence-electron chi connectivity index (χ1n) is 7.98. The fourth-order valence-corrected chi connectivity index (χ4v) is 4.12. The number of likely N-dealkylation sites (tertiary alicyclic amines) is 1. The summed E-state index contributed by atoms with van der Waals surface area (Å²) in [6.07, 6.45) is 6.70. The molecule has 110 valence electrons. The van der Waals surface area contributed by atoms with Crippen molar-refractivity contribution >= 4 is 5.97 Å². The van der Waals surface area contributed by atoms with Gasteiger partial charge in [-0.15, -0.1) is 0 Å². The van der Waals surface area contributed by atoms with Gasteiger partial charge in [-0.2, -0.15) is 0 Å². The van der Waals surface area contributed by atoms with Crippen molar-refractivity contribution in [1.29, 1.82) is 0 Å². The Morgan fingerprint density at radius 3 is 2.53 bits per heavy atom. The summed E-state index contributed by atoms with van der Waals surface area (Å²) in [5.41, 5.74) is 0.448. The first kappa shape index (κ1) is 14.8. The number of rotatable bonds is 4. The Hall–Kier alpha value is -0.570. The summed E-state index contributed by atoms with van der Waals surface area (Å²) >= 11 is 0. The van der Waals surface area contributed by atoms with Crippen LogP contribution >= 0.6 is 0 Å². The molecule has 0 aromatic rings. The van der Waals surface area contributed by atoms with Gasteiger partial charge >= 0.3 is 5.97 Å². The van der Waals surface area contributed by atoms with Crippen molar-refractivity contribution in [3.63, 3.8) is 0 Å². The Bertz CT molecular complexity index is 325. The maximum atomic E-state index is 11.5. The van der Waals surface area contributed by atoms with E-state index < -0.39 is 5.97 Å². The lowest BCUT2D eigenvalue weighted by molar-refractivity contribution is -0.146. The molecule has 1 saturated carbocycles. The van der Waals surface area contributed by atoms with Crippen molar-refractivity contribution in [1.82, 2.24) is 4.90 Å². The maximum Gasteiger partial charge on any atom is 0.308 e. The zero-order valence-electron chi connectivity index (χ0n) is 12.7. The Labute approximate surface area is 117 Å². The smallest absolute Gasteiger partial charge is 0.308 e. The van der Waals surface area contributed by atoms with Gasteiger partial charge in [-0.05, 0) is 56.4 Å². The van der Waals surface area contributed by atoms with E-state index in [-0.39, 0.29) is 12.0 Å². The standard InChI is InChI=1S/C16H29NO2/c1-4-16(5-2)8-9-17(11-16)14-10-12(3)6-7-13(14)15(18)19/h12-14H,4-11H2,1-3H3,(H,18,19). The Morgan fingerprint density at radius 1 is 1.32 bits per heavy atom. The molecule has 0 bridgehead atoms. The average Bonchev–Trinajstić information content (AvgIpc) is 2.83. The van der Waals surface area contributed by atoms with Crippen molar-refractivity contribution in [3.05, 3.63) is 0 Å². The number of hydrogen-bond acceptors (Lipinski definition) is 2. The predicted molar refractivity (Wildman–Crippen MR) is 77.1 cm³/mol. The van der Waals surface area contributed by atoms with Crippen LogP contribution in [-0.2, 0) is 4.79 Å². The molecule has 3 atom stereocenters. The van der Waals surface area contributed by atoms with E-state index in [1.807, 2.05) is 0 Å². The van der Waals surface area contributed by atoms with Crippen LogP contribution < -0.4 is 0 Å². The molecule has 3 unspecified atom stereocenters. The van der Waals surface area contributed by atoms with Gasteiger partial charge in [-0.25, -0.2) is 0 Å². The minimum absolute atomic E-state index is 0.138. The molecule has 2 fully saturated rings. The minimum Gasteiger partial charge on any atom is -0.481 e. The molecule has 0 spiro atoms. The van der Waals surface area contributed by atoms with Gasteiger partial charge in [-0.3, -0.25) is 9.69 Å². The van der Waals surface area contributed by atoms with Crippen LogP contribution in [0.15, 0.2) is 0 Å². The van der Waals surface area contributed by atoms with E-state index in [1.54, 1.807) is 0 Å². The summed E-state index contributed by atoms with van der Waals surface area (Å²) < 4.78 is 0. The fourth-order valence-electron chi connectivity index (χ4n) is 4.12. The molecule has 3 heteroatoms. The molecule has 1 aliphatic heterocycles. The summed E-state index contributed by atoms with van der Waals surface area (Å²) in [4.78, 5) is 14.0. The summed E-state index contributed by atoms with van der Waals surface area (Å²) in [7, 11) is 0. The van der Waals surface area contributed by atoms with E-state index in [0.29, 0.717) is 11.3 Å². The first-order chi connectivity index (χ1) is 9.01. The predicted octanol–water partition coefficient (Wildman–Crippen LogP) is 3.39. The number of hydrogen-bond donors (Lipinski definition) is 1. The topological polar surface area (TPSA) is 40.5 Å². The van der Waals surface area contributed by atoms with Gasteiger partial charge in [-0.1, -0.05) is 20.8 Å². The van der Waals surface area contributed by atoms with Crippen LogP contribution in [0.5, 0.6) is 0 Å². The van der Waals surface area contributed by atoms with Crippen molar-refractivity contribution in [3.8, 4) is 0 Å². The minimum atomic E-state index is -0.581. The van der Waals surface area contributed by atoms with E-state index in [0.717, 1.165) is 32.4 Å². The van der Waals surface area contributed by atoms with E-state index in [4.69, 9.17) is 0 Å². The molecule has 1 saturated heterocycles. The number of aliphatic carboxylic acids is 1. The summed E-state index contributed by atoms with van der Waals surface area (Å²) in [6.45, 7) is 9.05. The zero-order chi connectivity index (χ0) is 14.0. The zero-order valence-corrected chi connectivity index (χ0v) is 12.7. The molecule has 1 heterocycles. The van der Waals surface area contributed by atoms with Crippen LogP contribution in [0.2, 0.25) is 0 Å². The average molecular weight is 267 g/mol. The van der Waals surface area contributed by atoms with Gasteiger partial charge < -0.3 is 5.11 Å². The highest BCUT2D eigenvalue weighted by molar-refractivity contribution is 5.71. The van der Waals surface area contributed by atoms with Crippen LogP contribution in [0.25, 0.3) is 0 Å². The molecule has 0 aromatic carbocycles. The molecule has 0 amide bonds. The monoisotopic (exact) mass is 267 g/mol. The molecule has 1 aliphatic carbocycles. The lowest BCUT2D eigenvalue weighted by Crippen LogP contribution is -2.46. The molecule has 1 N–H and O–H groups in total. The first-order valence-corrected chi connectivity index (χ1v) is 7.98. The van der Waals surface area contributed by atoms with Crippen LogP contribution in [0.4, 0.5) is 0 Å². The molecule has 2 aliphatic rings. The van der Waals surface area contributed by atoms with Gasteiger partial charge in [0.1, 0.15) is 0 Å². The number of carboxylic acid groups (broad SMARTS) is 1. The van der Waals surface area contributed by atoms with Crippen LogP contribution in [0.1, 0.15) is 59.3 Å². The van der Waals surface area contributed by atoms with Gasteiger partial charge in [0.15, 0.2) is 0 Å². The van der Waals surface area contributed by atoms with Crippen LogP contribution in [-0.4, -0.2) is 35.1 Å². The highest BCUT2D eigenvalue weighted by atomic mass is 16.4. The third-order valence-electron chi connectivity index (χ3n) is 5.83. The van der Waals surface area contributed by atoms with Crippen molar-refractivity contribution in [2.24, 2.45) is 17.3 Å². The van der Waals surface area contributed by atoms with Crippen molar-refractivity contribution in [2.75, 3.05) is 13.1 Å². The van der Waals surface area contributed by atoms with E-state index >= 15 is 0 Å². The maximum absolute atomic E-state index is 11.5. The summed E-state index contributed by atoms with van der Waals surface area (Å²) in [5.74, 6) is -0.0398. The van der Waals surface area contributed by atoms with E-state index in [1.165, 1.54) is 19.3 Å². The Morgan fingerprint density at radius 2 is 2.00 bits per heavy atom. The number of carbonyl (C=O) groups is 1. The molecule has 19 heavy (non-hydrogen) atoms. The second-order valence-corrected chi connectivity index (χ2v) is 6.86. The third kappa shape index (κ3) is 2.96. The van der Waals surface area contributed by atoms with Gasteiger partial charge in [0, 0.05) is 12.6 Å². The summed E-state index contributed by atoms with van der Waals surface area (Å²) in [5, 5.41) is 9.47. The third-order valence-corrected chi connectivity index (χ3v) is 5.83.